The van der Waals surface area contributed by atoms with Gasteiger partial charge in [0.2, 0.25) is 5.91 Å². The minimum atomic E-state index is -0.242. The molecule has 3 rings (SSSR count). The fourth-order valence-corrected chi connectivity index (χ4v) is 2.75. The number of carbonyl (C=O) groups excluding carboxylic acids is 2. The molecule has 0 aliphatic carbocycles. The van der Waals surface area contributed by atoms with E-state index in [0.29, 0.717) is 17.6 Å². The lowest BCUT2D eigenvalue weighted by atomic mass is 10.1. The molecular weight excluding hydrogens is 330 g/mol. The van der Waals surface area contributed by atoms with E-state index in [0.717, 1.165) is 16.8 Å². The van der Waals surface area contributed by atoms with Crippen LogP contribution in [-0.2, 0) is 11.3 Å². The van der Waals surface area contributed by atoms with E-state index >= 15 is 0 Å². The third-order valence-electron chi connectivity index (χ3n) is 4.21. The van der Waals surface area contributed by atoms with Crippen molar-refractivity contribution in [2.45, 2.75) is 20.4 Å². The number of rotatable bonds is 5. The molecule has 0 fully saturated rings. The maximum Gasteiger partial charge on any atom is 0.254 e. The van der Waals surface area contributed by atoms with Gasteiger partial charge in [-0.25, -0.2) is 4.68 Å². The number of hydrogen-bond acceptors (Lipinski definition) is 4. The number of amides is 2. The van der Waals surface area contributed by atoms with Crippen LogP contribution in [0, 0.1) is 6.92 Å². The summed E-state index contributed by atoms with van der Waals surface area (Å²) in [5, 5.41) is 11.0. The second-order valence-electron chi connectivity index (χ2n) is 6.13. The quantitative estimate of drug-likeness (QED) is 0.766. The van der Waals surface area contributed by atoms with Gasteiger partial charge < -0.3 is 10.2 Å². The Balaban J connectivity index is 1.69. The average molecular weight is 351 g/mol. The topological polar surface area (TPSA) is 80.1 Å². The minimum Gasteiger partial charge on any atom is -0.332 e. The summed E-state index contributed by atoms with van der Waals surface area (Å²) in [4.78, 5) is 26.2. The van der Waals surface area contributed by atoms with Gasteiger partial charge >= 0.3 is 0 Å². The molecule has 0 spiro atoms. The average Bonchev–Trinajstić information content (AvgIpc) is 3.05. The molecular formula is C19H21N5O2. The second-order valence-corrected chi connectivity index (χ2v) is 6.13. The summed E-state index contributed by atoms with van der Waals surface area (Å²) in [6.45, 7) is 4.58. The van der Waals surface area contributed by atoms with Crippen molar-refractivity contribution in [3.63, 3.8) is 0 Å². The Bertz CT molecular complexity index is 963. The van der Waals surface area contributed by atoms with Crippen LogP contribution in [0.3, 0.4) is 0 Å². The lowest BCUT2D eigenvalue weighted by Gasteiger charge is -2.17. The molecule has 26 heavy (non-hydrogen) atoms. The molecule has 134 valence electrons. The van der Waals surface area contributed by atoms with Crippen molar-refractivity contribution in [1.82, 2.24) is 19.9 Å². The van der Waals surface area contributed by atoms with Gasteiger partial charge in [0.05, 0.1) is 12.1 Å². The number of para-hydroxylation sites is 1. The highest BCUT2D eigenvalue weighted by Gasteiger charge is 2.17. The number of carbonyl (C=O) groups is 2. The Kier molecular flexibility index (Phi) is 4.97. The maximum absolute atomic E-state index is 12.6. The third-order valence-corrected chi connectivity index (χ3v) is 4.21. The fraction of sp³-hybridized carbons (Fsp3) is 0.263. The van der Waals surface area contributed by atoms with Crippen LogP contribution >= 0.6 is 0 Å². The summed E-state index contributed by atoms with van der Waals surface area (Å²) in [6.07, 6.45) is 0. The van der Waals surface area contributed by atoms with E-state index in [2.05, 4.69) is 15.6 Å². The normalized spacial score (nSPS) is 10.7. The van der Waals surface area contributed by atoms with E-state index < -0.39 is 0 Å². The highest BCUT2D eigenvalue weighted by molar-refractivity contribution is 6.01. The van der Waals surface area contributed by atoms with Crippen LogP contribution in [0.2, 0.25) is 0 Å². The maximum atomic E-state index is 12.6. The molecule has 7 nitrogen and oxygen atoms in total. The minimum absolute atomic E-state index is 0.0349. The van der Waals surface area contributed by atoms with E-state index in [4.69, 9.17) is 0 Å². The zero-order chi connectivity index (χ0) is 18.7. The van der Waals surface area contributed by atoms with Gasteiger partial charge in [0.15, 0.2) is 0 Å². The van der Waals surface area contributed by atoms with Crippen molar-refractivity contribution in [3.05, 3.63) is 53.6 Å². The Labute approximate surface area is 151 Å². The highest BCUT2D eigenvalue weighted by atomic mass is 16.2. The molecule has 0 aliphatic heterocycles. The summed E-state index contributed by atoms with van der Waals surface area (Å²) in [6, 6.07) is 12.8. The molecule has 0 radical (unpaired) electrons. The van der Waals surface area contributed by atoms with E-state index in [-0.39, 0.29) is 18.4 Å². The molecule has 0 atom stereocenters. The van der Waals surface area contributed by atoms with E-state index in [9.17, 15) is 9.59 Å². The van der Waals surface area contributed by atoms with Crippen LogP contribution in [0.15, 0.2) is 42.5 Å². The predicted molar refractivity (Wildman–Crippen MR) is 100.0 cm³/mol. The van der Waals surface area contributed by atoms with Crippen LogP contribution in [0.4, 0.5) is 5.69 Å². The van der Waals surface area contributed by atoms with Crippen LogP contribution in [0.5, 0.6) is 0 Å². The van der Waals surface area contributed by atoms with E-state index in [1.807, 2.05) is 44.2 Å². The Morgan fingerprint density at radius 1 is 1.19 bits per heavy atom. The second kappa shape index (κ2) is 7.35. The summed E-state index contributed by atoms with van der Waals surface area (Å²) in [5.41, 5.74) is 3.74. The molecule has 0 unspecified atom stereocenters. The Morgan fingerprint density at radius 3 is 2.69 bits per heavy atom. The van der Waals surface area contributed by atoms with Crippen LogP contribution < -0.4 is 5.32 Å². The molecule has 1 heterocycles. The van der Waals surface area contributed by atoms with Gasteiger partial charge in [-0.05, 0) is 43.7 Å². The summed E-state index contributed by atoms with van der Waals surface area (Å²) in [7, 11) is 1.60. The first-order valence-corrected chi connectivity index (χ1v) is 8.43. The largest absolute Gasteiger partial charge is 0.332 e. The zero-order valence-corrected chi connectivity index (χ0v) is 15.1. The van der Waals surface area contributed by atoms with Crippen LogP contribution in [0.1, 0.15) is 22.8 Å². The number of nitrogens with one attached hydrogen (secondary N) is 1. The first-order valence-electron chi connectivity index (χ1n) is 8.43. The lowest BCUT2D eigenvalue weighted by molar-refractivity contribution is -0.116. The number of nitrogens with zero attached hydrogens (tertiary/aromatic N) is 4. The van der Waals surface area contributed by atoms with Crippen molar-refractivity contribution in [2.24, 2.45) is 0 Å². The van der Waals surface area contributed by atoms with Crippen LogP contribution in [0.25, 0.3) is 11.0 Å². The highest BCUT2D eigenvalue weighted by Crippen LogP contribution is 2.15. The summed E-state index contributed by atoms with van der Waals surface area (Å²) >= 11 is 0. The lowest BCUT2D eigenvalue weighted by Crippen LogP contribution is -2.35. The first kappa shape index (κ1) is 17.6. The number of hydrogen-bond donors (Lipinski definition) is 1. The van der Waals surface area contributed by atoms with Gasteiger partial charge in [-0.2, -0.15) is 0 Å². The van der Waals surface area contributed by atoms with Crippen molar-refractivity contribution in [3.8, 4) is 0 Å². The van der Waals surface area contributed by atoms with Gasteiger partial charge in [-0.1, -0.05) is 23.4 Å². The van der Waals surface area contributed by atoms with E-state index in [1.54, 1.807) is 23.9 Å². The molecule has 1 N–H and O–H groups in total. The number of fused-ring (bicyclic) bond motifs is 1. The van der Waals surface area contributed by atoms with Gasteiger partial charge in [0, 0.05) is 24.8 Å². The van der Waals surface area contributed by atoms with Crippen molar-refractivity contribution < 1.29 is 9.59 Å². The molecule has 1 aromatic heterocycles. The van der Waals surface area contributed by atoms with Crippen molar-refractivity contribution in [2.75, 3.05) is 18.9 Å². The Hall–Kier alpha value is -3.22. The molecule has 0 saturated carbocycles. The van der Waals surface area contributed by atoms with Gasteiger partial charge in [0.1, 0.15) is 5.52 Å². The zero-order valence-electron chi connectivity index (χ0n) is 15.1. The molecule has 7 heteroatoms. The summed E-state index contributed by atoms with van der Waals surface area (Å²) in [5.74, 6) is -0.481. The number of benzene rings is 2. The van der Waals surface area contributed by atoms with Crippen molar-refractivity contribution >= 4 is 28.5 Å². The molecule has 0 saturated heterocycles. The third kappa shape index (κ3) is 3.56. The predicted octanol–water partition coefficient (Wildman–Crippen LogP) is 2.47. The number of anilines is 1. The number of aromatic nitrogens is 3. The molecule has 2 aromatic carbocycles. The monoisotopic (exact) mass is 351 g/mol. The fourth-order valence-electron chi connectivity index (χ4n) is 2.75. The molecule has 3 aromatic rings. The van der Waals surface area contributed by atoms with Gasteiger partial charge in [0.25, 0.3) is 5.91 Å². The van der Waals surface area contributed by atoms with Crippen molar-refractivity contribution in [1.29, 1.82) is 0 Å². The van der Waals surface area contributed by atoms with Crippen LogP contribution in [-0.4, -0.2) is 45.3 Å². The van der Waals surface area contributed by atoms with Gasteiger partial charge in [-0.15, -0.1) is 5.10 Å². The first-order chi connectivity index (χ1) is 12.5. The Morgan fingerprint density at radius 2 is 1.96 bits per heavy atom. The van der Waals surface area contributed by atoms with Gasteiger partial charge in [-0.3, -0.25) is 9.59 Å². The SMILES string of the molecule is CCn1nnc2cc(C(=O)N(C)CC(=O)Nc3ccccc3C)ccc21. The molecule has 0 aliphatic rings. The number of likely N-dealkylation sites (N-methyl/N-ethyl adjacent to an activating group) is 1. The smallest absolute Gasteiger partial charge is 0.254 e. The number of aryl methyl sites for hydroxylation is 2. The van der Waals surface area contributed by atoms with E-state index in [1.165, 1.54) is 4.90 Å². The summed E-state index contributed by atoms with van der Waals surface area (Å²) < 4.78 is 1.77. The standard InChI is InChI=1S/C19H21N5O2/c1-4-24-17-10-9-14(11-16(17)21-22-24)19(26)23(3)12-18(25)20-15-8-6-5-7-13(15)2/h5-11H,4,12H2,1-3H3,(H,20,25). The molecule has 0 bridgehead atoms. The molecule has 2 amide bonds.